The van der Waals surface area contributed by atoms with Crippen molar-refractivity contribution in [3.8, 4) is 35.0 Å². The van der Waals surface area contributed by atoms with E-state index >= 15 is 14.4 Å². The molecule has 536 valence electrons. The van der Waals surface area contributed by atoms with Crippen molar-refractivity contribution in [2.45, 2.75) is 153 Å². The lowest BCUT2D eigenvalue weighted by atomic mass is 9.85. The molecule has 5 N–H and O–H groups in total. The number of likely N-dealkylation sites (tertiary alicyclic amines) is 1. The summed E-state index contributed by atoms with van der Waals surface area (Å²) in [5.41, 5.74) is 4.47. The molecule has 7 atom stereocenters. The zero-order chi connectivity index (χ0) is 73.2. The van der Waals surface area contributed by atoms with Gasteiger partial charge in [0.15, 0.2) is 0 Å². The number of fused-ring (bicyclic) bond motifs is 4. The molecule has 6 aromatic carbocycles. The van der Waals surface area contributed by atoms with Crippen LogP contribution in [-0.2, 0) is 78.9 Å². The van der Waals surface area contributed by atoms with Gasteiger partial charge in [0, 0.05) is 45.2 Å². The summed E-state index contributed by atoms with van der Waals surface area (Å²) < 4.78 is 58.3. The van der Waals surface area contributed by atoms with Crippen LogP contribution >= 0.6 is 0 Å². The summed E-state index contributed by atoms with van der Waals surface area (Å²) >= 11 is 0. The van der Waals surface area contributed by atoms with Crippen molar-refractivity contribution in [1.82, 2.24) is 50.8 Å². The van der Waals surface area contributed by atoms with Crippen LogP contribution in [0.2, 0.25) is 0 Å². The molecule has 2 fully saturated rings. The Morgan fingerprint density at radius 3 is 1.87 bits per heavy atom. The molecular weight excluding hydrogens is 1320 g/mol. The number of esters is 1. The Labute approximate surface area is 593 Å². The van der Waals surface area contributed by atoms with E-state index in [1.165, 1.54) is 30.7 Å². The Balaban J connectivity index is 0.877. The molecule has 0 spiro atoms. The number of carbonyl (C=O) groups excluding carboxylic acids is 8. The second-order valence-electron chi connectivity index (χ2n) is 27.9. The van der Waals surface area contributed by atoms with Crippen LogP contribution in [0.3, 0.4) is 0 Å². The number of hydrogen-bond acceptors (Lipinski definition) is 17. The number of amides is 7. The van der Waals surface area contributed by atoms with Gasteiger partial charge in [-0.05, 0) is 120 Å². The van der Waals surface area contributed by atoms with Crippen LogP contribution in [-0.4, -0.2) is 162 Å². The van der Waals surface area contributed by atoms with Gasteiger partial charge in [0.05, 0.1) is 24.6 Å². The lowest BCUT2D eigenvalue weighted by Crippen LogP contribution is -2.61. The topological polar surface area (TPSA) is 314 Å². The first-order valence-corrected chi connectivity index (χ1v) is 35.3. The molecule has 7 amide bonds. The standard InChI is InChI=1S/C76H86N10O15S/c1-11-36-98-54-30-25-47(26-31-54)38-63(69(89)82-102(95,96)56-34-35-56)77-68(88)62(40-49-24-29-50-18-12-13-19-51(50)37-49)78-70(90)65-41-53(43-85(65)71(91)66(75(3,4)5)80-67(87)46(2)84(9)74(94)101-76(6,7)8)86-42-52(81-83-86)44-99-55-32-27-48(28-33-55)39-64(72(92)97-10)79-73(93)100-45-61-59-22-16-14-20-57(59)58-21-15-17-23-60(58)61/h1,12-33,37,42,46,53,56,61-66H,34-36,38-41,43-45H2,2-10H3,(H,77,88)(H,78,90)(H,79,93)(H,80,87)(H,82,89)/t46-,53-,62-,63-,64-,65-,66+/m0/s1. The minimum Gasteiger partial charge on any atom is -0.487 e. The summed E-state index contributed by atoms with van der Waals surface area (Å²) in [6.45, 7) is 11.5. The molecule has 2 heterocycles. The van der Waals surface area contributed by atoms with Crippen molar-refractivity contribution < 1.29 is 70.5 Å². The number of rotatable bonds is 27. The summed E-state index contributed by atoms with van der Waals surface area (Å²) in [5, 5.41) is 21.0. The van der Waals surface area contributed by atoms with Crippen LogP contribution < -0.4 is 35.5 Å². The molecule has 102 heavy (non-hydrogen) atoms. The summed E-state index contributed by atoms with van der Waals surface area (Å²) in [4.78, 5) is 117. The summed E-state index contributed by atoms with van der Waals surface area (Å²) in [5.74, 6) is -1.63. The number of sulfonamides is 1. The van der Waals surface area contributed by atoms with Gasteiger partial charge >= 0.3 is 18.2 Å². The molecule has 1 aliphatic heterocycles. The third-order valence-corrected chi connectivity index (χ3v) is 20.0. The lowest BCUT2D eigenvalue weighted by molar-refractivity contribution is -0.145. The van der Waals surface area contributed by atoms with E-state index in [2.05, 4.69) is 42.2 Å². The Morgan fingerprint density at radius 1 is 0.686 bits per heavy atom. The molecule has 1 saturated heterocycles. The Morgan fingerprint density at radius 2 is 1.26 bits per heavy atom. The maximum absolute atomic E-state index is 15.5. The van der Waals surface area contributed by atoms with E-state index in [1.807, 2.05) is 84.9 Å². The molecular formula is C76H86N10O15S. The smallest absolute Gasteiger partial charge is 0.410 e. The molecule has 0 radical (unpaired) electrons. The average Bonchev–Trinajstić information content (AvgIpc) is 1.63. The van der Waals surface area contributed by atoms with Crippen molar-refractivity contribution in [2.75, 3.05) is 33.9 Å². The van der Waals surface area contributed by atoms with Crippen LogP contribution in [0.15, 0.2) is 146 Å². The van der Waals surface area contributed by atoms with Crippen LogP contribution in [0, 0.1) is 17.8 Å². The van der Waals surface area contributed by atoms with Gasteiger partial charge in [0.1, 0.15) is 78.9 Å². The Kier molecular flexibility index (Phi) is 23.0. The summed E-state index contributed by atoms with van der Waals surface area (Å²) in [6, 6.07) is 33.8. The SMILES string of the molecule is C#CCOc1ccc(C[C@H](NC(=O)[C@H](Cc2ccc3ccccc3c2)NC(=O)[C@@H]2C[C@H](n3cc(COc4ccc(C[C@H](NC(=O)OCC5c6ccccc6-c6ccccc65)C(=O)OC)cc4)nn3)CN2C(=O)[C@@H](NC(=O)[C@H](C)N(C)C(=O)OC(C)(C)C)C(C)(C)C)C(=O)NS(=O)(=O)C2CC2)cc1. The number of nitrogens with zero attached hydrogens (tertiary/aromatic N) is 5. The number of terminal acetylenes is 1. The van der Waals surface area contributed by atoms with Gasteiger partial charge in [-0.2, -0.15) is 0 Å². The minimum absolute atomic E-state index is 0.00317. The van der Waals surface area contributed by atoms with Crippen molar-refractivity contribution >= 4 is 68.5 Å². The third-order valence-electron chi connectivity index (χ3n) is 18.1. The fourth-order valence-electron chi connectivity index (χ4n) is 12.3. The minimum atomic E-state index is -4.11. The van der Waals surface area contributed by atoms with Gasteiger partial charge in [-0.25, -0.2) is 27.5 Å². The van der Waals surface area contributed by atoms with Gasteiger partial charge in [0.2, 0.25) is 33.7 Å². The zero-order valence-corrected chi connectivity index (χ0v) is 59.3. The first kappa shape index (κ1) is 73.9. The predicted octanol–water partition coefficient (Wildman–Crippen LogP) is 7.64. The van der Waals surface area contributed by atoms with Crippen molar-refractivity contribution in [3.05, 3.63) is 179 Å². The fraction of sp³-hybridized carbons (Fsp3) is 0.395. The zero-order valence-electron chi connectivity index (χ0n) is 58.5. The lowest BCUT2D eigenvalue weighted by Gasteiger charge is -2.37. The van der Waals surface area contributed by atoms with E-state index < -0.39 is 116 Å². The van der Waals surface area contributed by atoms with Crippen LogP contribution in [0.1, 0.15) is 113 Å². The number of methoxy groups -OCH3 is 1. The molecule has 3 aliphatic rings. The van der Waals surface area contributed by atoms with E-state index in [-0.39, 0.29) is 58.0 Å². The summed E-state index contributed by atoms with van der Waals surface area (Å²) in [6.07, 6.45) is 5.79. The number of carbonyl (C=O) groups is 8. The molecule has 26 heteroatoms. The maximum atomic E-state index is 15.5. The normalized spacial score (nSPS) is 16.5. The van der Waals surface area contributed by atoms with Crippen LogP contribution in [0.25, 0.3) is 21.9 Å². The maximum Gasteiger partial charge on any atom is 0.410 e. The Hall–Kier alpha value is -10.8. The van der Waals surface area contributed by atoms with E-state index in [4.69, 9.17) is 30.1 Å². The largest absolute Gasteiger partial charge is 0.487 e. The highest BCUT2D eigenvalue weighted by Crippen LogP contribution is 2.45. The molecule has 2 aliphatic carbocycles. The van der Waals surface area contributed by atoms with Gasteiger partial charge in [-0.3, -0.25) is 33.6 Å². The number of ether oxygens (including phenoxy) is 5. The molecule has 0 unspecified atom stereocenters. The van der Waals surface area contributed by atoms with Gasteiger partial charge in [-0.15, -0.1) is 11.5 Å². The highest BCUT2D eigenvalue weighted by molar-refractivity contribution is 7.91. The highest BCUT2D eigenvalue weighted by atomic mass is 32.2. The average molecular weight is 1410 g/mol. The first-order valence-electron chi connectivity index (χ1n) is 33.7. The fourth-order valence-corrected chi connectivity index (χ4v) is 13.7. The van der Waals surface area contributed by atoms with Crippen LogP contribution in [0.5, 0.6) is 11.5 Å². The number of likely N-dealkylation sites (N-methyl/N-ethyl adjacent to an activating group) is 1. The molecule has 10 rings (SSSR count). The number of aromatic nitrogens is 3. The second-order valence-corrected chi connectivity index (χ2v) is 29.9. The summed E-state index contributed by atoms with van der Waals surface area (Å²) in [7, 11) is -1.48. The highest BCUT2D eigenvalue weighted by Gasteiger charge is 2.48. The molecule has 1 saturated carbocycles. The Bertz CT molecular complexity index is 4360. The van der Waals surface area contributed by atoms with E-state index in [9.17, 15) is 32.4 Å². The van der Waals surface area contributed by atoms with Crippen LogP contribution in [0.4, 0.5) is 9.59 Å². The first-order chi connectivity index (χ1) is 48.6. The number of benzene rings is 6. The predicted molar refractivity (Wildman–Crippen MR) is 379 cm³/mol. The second kappa shape index (κ2) is 31.8. The number of alkyl carbamates (subject to hydrolysis) is 1. The molecule has 0 bridgehead atoms. The molecule has 25 nitrogen and oxygen atoms in total. The van der Waals surface area contributed by atoms with E-state index in [1.54, 1.807) is 102 Å². The van der Waals surface area contributed by atoms with E-state index in [0.717, 1.165) is 37.9 Å². The van der Waals surface area contributed by atoms with Gasteiger partial charge in [-0.1, -0.05) is 147 Å². The molecule has 1 aromatic heterocycles. The van der Waals surface area contributed by atoms with Gasteiger partial charge in [0.25, 0.3) is 5.91 Å². The monoisotopic (exact) mass is 1410 g/mol. The van der Waals surface area contributed by atoms with Crippen molar-refractivity contribution in [2.24, 2.45) is 5.41 Å². The third kappa shape index (κ3) is 18.6. The van der Waals surface area contributed by atoms with E-state index in [0.29, 0.717) is 46.7 Å². The quantitative estimate of drug-likeness (QED) is 0.0188. The van der Waals surface area contributed by atoms with Crippen molar-refractivity contribution in [1.29, 1.82) is 0 Å². The number of hydrogen-bond donors (Lipinski definition) is 5. The van der Waals surface area contributed by atoms with Crippen molar-refractivity contribution in [3.63, 3.8) is 0 Å². The van der Waals surface area contributed by atoms with Gasteiger partial charge < -0.3 is 49.9 Å². The number of nitrogens with one attached hydrogen (secondary N) is 5. The molecule has 7 aromatic rings.